The maximum atomic E-state index is 11.7. The van der Waals surface area contributed by atoms with E-state index in [-0.39, 0.29) is 5.91 Å². The summed E-state index contributed by atoms with van der Waals surface area (Å²) < 4.78 is 0. The van der Waals surface area contributed by atoms with Crippen LogP contribution >= 0.6 is 11.8 Å². The molecule has 0 radical (unpaired) electrons. The molecule has 0 bridgehead atoms. The number of carbonyl (C=O) groups excluding carboxylic acids is 1. The Morgan fingerprint density at radius 1 is 1.62 bits per heavy atom. The first-order chi connectivity index (χ1) is 7.74. The van der Waals surface area contributed by atoms with E-state index in [0.717, 1.165) is 11.3 Å². The zero-order valence-electron chi connectivity index (χ0n) is 9.90. The Hall–Kier alpha value is -0.970. The number of thioether (sulfide) groups is 1. The average molecular weight is 241 g/mol. The number of aromatic nitrogens is 2. The number of hydrogen-bond donors (Lipinski definition) is 1. The van der Waals surface area contributed by atoms with Gasteiger partial charge < -0.3 is 4.90 Å². The van der Waals surface area contributed by atoms with Crippen molar-refractivity contribution in [3.63, 3.8) is 0 Å². The third kappa shape index (κ3) is 4.70. The van der Waals surface area contributed by atoms with Crippen LogP contribution in [0.25, 0.3) is 0 Å². The van der Waals surface area contributed by atoms with Crippen LogP contribution in [-0.2, 0) is 11.3 Å². The Balaban J connectivity index is 2.20. The molecule has 0 unspecified atom stereocenters. The van der Waals surface area contributed by atoms with Crippen LogP contribution in [0.1, 0.15) is 25.3 Å². The number of nitrogens with zero attached hydrogens (tertiary/aromatic N) is 2. The van der Waals surface area contributed by atoms with Gasteiger partial charge in [0.1, 0.15) is 0 Å². The Bertz CT molecular complexity index is 300. The molecule has 0 aliphatic heterocycles. The van der Waals surface area contributed by atoms with Crippen molar-refractivity contribution >= 4 is 17.7 Å². The predicted octanol–water partition coefficient (Wildman–Crippen LogP) is 1.90. The van der Waals surface area contributed by atoms with Crippen LogP contribution in [-0.4, -0.2) is 39.6 Å². The molecular formula is C11H19N3OS. The largest absolute Gasteiger partial charge is 0.341 e. The first kappa shape index (κ1) is 13.1. The predicted molar refractivity (Wildman–Crippen MR) is 67.3 cm³/mol. The highest BCUT2D eigenvalue weighted by atomic mass is 32.2. The lowest BCUT2D eigenvalue weighted by molar-refractivity contribution is -0.127. The van der Waals surface area contributed by atoms with Crippen LogP contribution in [0.15, 0.2) is 12.4 Å². The smallest absolute Gasteiger partial charge is 0.232 e. The molecule has 1 aromatic heterocycles. The van der Waals surface area contributed by atoms with Crippen molar-refractivity contribution in [1.29, 1.82) is 0 Å². The molecule has 16 heavy (non-hydrogen) atoms. The fourth-order valence-corrected chi connectivity index (χ4v) is 2.27. The van der Waals surface area contributed by atoms with E-state index in [2.05, 4.69) is 17.1 Å². The van der Waals surface area contributed by atoms with E-state index in [1.807, 2.05) is 13.2 Å². The maximum Gasteiger partial charge on any atom is 0.232 e. The van der Waals surface area contributed by atoms with Crippen molar-refractivity contribution in [2.24, 2.45) is 0 Å². The first-order valence-electron chi connectivity index (χ1n) is 5.53. The van der Waals surface area contributed by atoms with Gasteiger partial charge in [-0.2, -0.15) is 16.9 Å². The first-order valence-corrected chi connectivity index (χ1v) is 6.69. The number of aromatic amines is 1. The van der Waals surface area contributed by atoms with Crippen LogP contribution in [0, 0.1) is 0 Å². The number of unbranched alkanes of at least 4 members (excludes halogenated alkanes) is 1. The molecule has 1 heterocycles. The van der Waals surface area contributed by atoms with E-state index < -0.39 is 0 Å². The molecule has 1 amide bonds. The Kier molecular flexibility index (Phi) is 6.00. The van der Waals surface area contributed by atoms with Gasteiger partial charge in [0.2, 0.25) is 5.91 Å². The molecule has 5 heteroatoms. The fraction of sp³-hybridized carbons (Fsp3) is 0.636. The van der Waals surface area contributed by atoms with Gasteiger partial charge in [0.15, 0.2) is 0 Å². The summed E-state index contributed by atoms with van der Waals surface area (Å²) in [6, 6.07) is 0. The average Bonchev–Trinajstić information content (AvgIpc) is 2.76. The van der Waals surface area contributed by atoms with Gasteiger partial charge in [0.05, 0.1) is 11.9 Å². The van der Waals surface area contributed by atoms with Crippen molar-refractivity contribution in [3.05, 3.63) is 18.0 Å². The van der Waals surface area contributed by atoms with Crippen molar-refractivity contribution in [2.75, 3.05) is 18.6 Å². The molecule has 0 spiro atoms. The summed E-state index contributed by atoms with van der Waals surface area (Å²) in [7, 11) is 1.83. The van der Waals surface area contributed by atoms with Crippen molar-refractivity contribution < 1.29 is 4.79 Å². The third-order valence-corrected chi connectivity index (χ3v) is 3.30. The van der Waals surface area contributed by atoms with E-state index in [9.17, 15) is 4.79 Å². The SMILES string of the molecule is CCCCSCC(=O)N(C)Cc1cn[nH]c1. The lowest BCUT2D eigenvalue weighted by atomic mass is 10.3. The minimum absolute atomic E-state index is 0.183. The summed E-state index contributed by atoms with van der Waals surface area (Å²) in [5.41, 5.74) is 1.04. The molecule has 0 atom stereocenters. The van der Waals surface area contributed by atoms with Gasteiger partial charge >= 0.3 is 0 Å². The van der Waals surface area contributed by atoms with Gasteiger partial charge in [-0.25, -0.2) is 0 Å². The van der Waals surface area contributed by atoms with Crippen LogP contribution in [0.4, 0.5) is 0 Å². The highest BCUT2D eigenvalue weighted by molar-refractivity contribution is 7.99. The highest BCUT2D eigenvalue weighted by Gasteiger charge is 2.09. The normalized spacial score (nSPS) is 10.4. The van der Waals surface area contributed by atoms with Crippen molar-refractivity contribution in [2.45, 2.75) is 26.3 Å². The summed E-state index contributed by atoms with van der Waals surface area (Å²) in [6.45, 7) is 2.79. The zero-order valence-corrected chi connectivity index (χ0v) is 10.7. The van der Waals surface area contributed by atoms with E-state index >= 15 is 0 Å². The quantitative estimate of drug-likeness (QED) is 0.742. The Labute approximate surface area is 101 Å². The van der Waals surface area contributed by atoms with Crippen LogP contribution < -0.4 is 0 Å². The molecule has 1 N–H and O–H groups in total. The number of hydrogen-bond acceptors (Lipinski definition) is 3. The third-order valence-electron chi connectivity index (χ3n) is 2.27. The topological polar surface area (TPSA) is 49.0 Å². The monoisotopic (exact) mass is 241 g/mol. The molecule has 1 aromatic rings. The number of H-pyrrole nitrogens is 1. The summed E-state index contributed by atoms with van der Waals surface area (Å²) in [5, 5.41) is 6.59. The summed E-state index contributed by atoms with van der Waals surface area (Å²) in [5.74, 6) is 1.83. The lowest BCUT2D eigenvalue weighted by Crippen LogP contribution is -2.27. The second-order valence-corrected chi connectivity index (χ2v) is 4.87. The standard InChI is InChI=1S/C11H19N3OS/c1-3-4-5-16-9-11(15)14(2)8-10-6-12-13-7-10/h6-7H,3-5,8-9H2,1-2H3,(H,12,13). The van der Waals surface area contributed by atoms with Crippen LogP contribution in [0.5, 0.6) is 0 Å². The van der Waals surface area contributed by atoms with Gasteiger partial charge in [-0.1, -0.05) is 13.3 Å². The fourth-order valence-electron chi connectivity index (χ4n) is 1.24. The number of amides is 1. The van der Waals surface area contributed by atoms with E-state index in [1.54, 1.807) is 22.9 Å². The van der Waals surface area contributed by atoms with E-state index in [0.29, 0.717) is 12.3 Å². The number of nitrogens with one attached hydrogen (secondary N) is 1. The van der Waals surface area contributed by atoms with Gasteiger partial charge in [-0.05, 0) is 12.2 Å². The van der Waals surface area contributed by atoms with Crippen molar-refractivity contribution in [3.8, 4) is 0 Å². The maximum absolute atomic E-state index is 11.7. The molecule has 0 aliphatic rings. The minimum atomic E-state index is 0.183. The zero-order chi connectivity index (χ0) is 11.8. The van der Waals surface area contributed by atoms with Gasteiger partial charge in [0, 0.05) is 25.4 Å². The molecule has 0 fully saturated rings. The molecule has 0 saturated carbocycles. The molecule has 1 rings (SSSR count). The summed E-state index contributed by atoms with van der Waals surface area (Å²) in [4.78, 5) is 13.4. The van der Waals surface area contributed by atoms with E-state index in [4.69, 9.17) is 0 Å². The highest BCUT2D eigenvalue weighted by Crippen LogP contribution is 2.07. The molecule has 4 nitrogen and oxygen atoms in total. The molecule has 90 valence electrons. The molecule has 0 aliphatic carbocycles. The Morgan fingerprint density at radius 3 is 3.06 bits per heavy atom. The number of rotatable bonds is 7. The summed E-state index contributed by atoms with van der Waals surface area (Å²) in [6.07, 6.45) is 5.93. The van der Waals surface area contributed by atoms with Crippen molar-refractivity contribution in [1.82, 2.24) is 15.1 Å². The van der Waals surface area contributed by atoms with Gasteiger partial charge in [-0.3, -0.25) is 9.89 Å². The van der Waals surface area contributed by atoms with Gasteiger partial charge in [0.25, 0.3) is 0 Å². The second kappa shape index (κ2) is 7.33. The van der Waals surface area contributed by atoms with E-state index in [1.165, 1.54) is 12.8 Å². The lowest BCUT2D eigenvalue weighted by Gasteiger charge is -2.15. The molecule has 0 aromatic carbocycles. The second-order valence-electron chi connectivity index (χ2n) is 3.76. The Morgan fingerprint density at radius 2 is 2.44 bits per heavy atom. The van der Waals surface area contributed by atoms with Gasteiger partial charge in [-0.15, -0.1) is 0 Å². The van der Waals surface area contributed by atoms with Crippen LogP contribution in [0.2, 0.25) is 0 Å². The summed E-state index contributed by atoms with van der Waals surface area (Å²) >= 11 is 1.71. The molecular weight excluding hydrogens is 222 g/mol. The van der Waals surface area contributed by atoms with Crippen LogP contribution in [0.3, 0.4) is 0 Å². The number of carbonyl (C=O) groups is 1. The minimum Gasteiger partial charge on any atom is -0.341 e. The molecule has 0 saturated heterocycles.